The lowest BCUT2D eigenvalue weighted by Crippen LogP contribution is -2.04. The lowest BCUT2D eigenvalue weighted by molar-refractivity contribution is 1.02. The van der Waals surface area contributed by atoms with Crippen molar-refractivity contribution < 1.29 is 0 Å². The number of nitrogens with zero attached hydrogens (tertiary/aromatic N) is 3. The zero-order valence-electron chi connectivity index (χ0n) is 9.47. The van der Waals surface area contributed by atoms with Gasteiger partial charge in [0.1, 0.15) is 16.6 Å². The molecule has 0 bridgehead atoms. The Morgan fingerprint density at radius 1 is 1.41 bits per heavy atom. The van der Waals surface area contributed by atoms with E-state index in [2.05, 4.69) is 20.7 Å². The van der Waals surface area contributed by atoms with E-state index in [1.165, 1.54) is 17.1 Å². The van der Waals surface area contributed by atoms with E-state index in [0.717, 1.165) is 23.7 Å². The summed E-state index contributed by atoms with van der Waals surface area (Å²) in [6, 6.07) is 6.15. The standard InChI is InChI=1S/C12H12N4S/c1-9-11(8-13)12(17-16-9)15-7-4-10-2-5-14-6-3-10/h2-3,5-6,15H,4,7H2,1H3. The van der Waals surface area contributed by atoms with E-state index in [1.54, 1.807) is 12.4 Å². The predicted octanol–water partition coefficient (Wildman–Crippen LogP) is 2.37. The summed E-state index contributed by atoms with van der Waals surface area (Å²) in [6.07, 6.45) is 4.48. The molecule has 0 aliphatic carbocycles. The maximum absolute atomic E-state index is 8.97. The summed E-state index contributed by atoms with van der Waals surface area (Å²) in [4.78, 5) is 3.97. The Hall–Kier alpha value is -1.93. The molecule has 1 N–H and O–H groups in total. The molecule has 2 heterocycles. The van der Waals surface area contributed by atoms with Gasteiger partial charge in [-0.05, 0) is 42.6 Å². The molecule has 0 aromatic carbocycles. The summed E-state index contributed by atoms with van der Waals surface area (Å²) in [6.45, 7) is 2.64. The Morgan fingerprint density at radius 3 is 2.88 bits per heavy atom. The molecule has 0 spiro atoms. The fourth-order valence-electron chi connectivity index (χ4n) is 1.49. The quantitative estimate of drug-likeness (QED) is 0.897. The van der Waals surface area contributed by atoms with Crippen molar-refractivity contribution in [3.05, 3.63) is 41.3 Å². The first-order valence-electron chi connectivity index (χ1n) is 5.30. The van der Waals surface area contributed by atoms with Crippen molar-refractivity contribution in [2.24, 2.45) is 0 Å². The smallest absolute Gasteiger partial charge is 0.127 e. The van der Waals surface area contributed by atoms with Gasteiger partial charge in [0.05, 0.1) is 5.69 Å². The highest BCUT2D eigenvalue weighted by Gasteiger charge is 2.08. The molecule has 0 radical (unpaired) electrons. The second-order valence-electron chi connectivity index (χ2n) is 3.62. The zero-order valence-corrected chi connectivity index (χ0v) is 10.3. The molecule has 5 heteroatoms. The molecule has 0 amide bonds. The van der Waals surface area contributed by atoms with Gasteiger partial charge in [-0.2, -0.15) is 9.64 Å². The van der Waals surface area contributed by atoms with Crippen molar-refractivity contribution in [1.29, 1.82) is 5.26 Å². The topological polar surface area (TPSA) is 61.6 Å². The summed E-state index contributed by atoms with van der Waals surface area (Å²) < 4.78 is 4.16. The average Bonchev–Trinajstić information content (AvgIpc) is 2.71. The molecule has 0 atom stereocenters. The Bertz CT molecular complexity index is 527. The van der Waals surface area contributed by atoms with Crippen molar-refractivity contribution in [2.75, 3.05) is 11.9 Å². The third-order valence-corrected chi connectivity index (χ3v) is 3.32. The van der Waals surface area contributed by atoms with E-state index in [1.807, 2.05) is 19.1 Å². The van der Waals surface area contributed by atoms with Gasteiger partial charge in [-0.25, -0.2) is 0 Å². The fraction of sp³-hybridized carbons (Fsp3) is 0.250. The number of nitriles is 1. The van der Waals surface area contributed by atoms with Gasteiger partial charge in [-0.15, -0.1) is 0 Å². The first-order valence-corrected chi connectivity index (χ1v) is 6.07. The molecule has 0 aliphatic rings. The number of rotatable bonds is 4. The summed E-state index contributed by atoms with van der Waals surface area (Å²) in [5.41, 5.74) is 2.68. The first kappa shape index (κ1) is 11.6. The van der Waals surface area contributed by atoms with Crippen molar-refractivity contribution >= 4 is 16.5 Å². The predicted molar refractivity (Wildman–Crippen MR) is 68.0 cm³/mol. The van der Waals surface area contributed by atoms with Crippen LogP contribution in [-0.2, 0) is 6.42 Å². The van der Waals surface area contributed by atoms with Crippen LogP contribution in [0.1, 0.15) is 16.8 Å². The molecule has 4 nitrogen and oxygen atoms in total. The van der Waals surface area contributed by atoms with E-state index in [4.69, 9.17) is 5.26 Å². The Balaban J connectivity index is 1.93. The molecule has 0 saturated carbocycles. The lowest BCUT2D eigenvalue weighted by atomic mass is 10.2. The molecule has 2 aromatic rings. The van der Waals surface area contributed by atoms with Crippen LogP contribution in [0.4, 0.5) is 5.00 Å². The summed E-state index contributed by atoms with van der Waals surface area (Å²) in [5.74, 6) is 0. The van der Waals surface area contributed by atoms with E-state index in [-0.39, 0.29) is 0 Å². The van der Waals surface area contributed by atoms with E-state index in [0.29, 0.717) is 5.56 Å². The lowest BCUT2D eigenvalue weighted by Gasteiger charge is -2.03. The molecule has 0 unspecified atom stereocenters. The van der Waals surface area contributed by atoms with Gasteiger partial charge in [-0.3, -0.25) is 4.98 Å². The van der Waals surface area contributed by atoms with E-state index in [9.17, 15) is 0 Å². The number of aromatic nitrogens is 2. The molecule has 17 heavy (non-hydrogen) atoms. The van der Waals surface area contributed by atoms with Crippen LogP contribution in [0.5, 0.6) is 0 Å². The van der Waals surface area contributed by atoms with Crippen molar-refractivity contribution in [3.63, 3.8) is 0 Å². The fourth-order valence-corrected chi connectivity index (χ4v) is 2.26. The normalized spacial score (nSPS) is 9.88. The maximum Gasteiger partial charge on any atom is 0.127 e. The zero-order chi connectivity index (χ0) is 12.1. The second kappa shape index (κ2) is 5.41. The number of aryl methyl sites for hydroxylation is 1. The van der Waals surface area contributed by atoms with Crippen LogP contribution in [-0.4, -0.2) is 15.9 Å². The van der Waals surface area contributed by atoms with Crippen molar-refractivity contribution in [2.45, 2.75) is 13.3 Å². The van der Waals surface area contributed by atoms with Crippen LogP contribution in [0.2, 0.25) is 0 Å². The minimum Gasteiger partial charge on any atom is -0.374 e. The van der Waals surface area contributed by atoms with E-state index < -0.39 is 0 Å². The molecule has 2 aromatic heterocycles. The Labute approximate surface area is 104 Å². The Kier molecular flexibility index (Phi) is 3.68. The molecule has 2 rings (SSSR count). The molecule has 0 aliphatic heterocycles. The van der Waals surface area contributed by atoms with Gasteiger partial charge >= 0.3 is 0 Å². The average molecular weight is 244 g/mol. The third kappa shape index (κ3) is 2.80. The third-order valence-electron chi connectivity index (χ3n) is 2.42. The molecule has 0 fully saturated rings. The number of hydrogen-bond donors (Lipinski definition) is 1. The van der Waals surface area contributed by atoms with Crippen LogP contribution >= 0.6 is 11.5 Å². The molecule has 86 valence electrons. The SMILES string of the molecule is Cc1nsc(NCCc2ccncc2)c1C#N. The summed E-state index contributed by atoms with van der Waals surface area (Å²) >= 11 is 1.34. The molecular formula is C12H12N4S. The van der Waals surface area contributed by atoms with Crippen molar-refractivity contribution in [3.8, 4) is 6.07 Å². The van der Waals surface area contributed by atoms with Gasteiger partial charge in [0, 0.05) is 18.9 Å². The van der Waals surface area contributed by atoms with Crippen LogP contribution in [0.15, 0.2) is 24.5 Å². The first-order chi connectivity index (χ1) is 8.31. The monoisotopic (exact) mass is 244 g/mol. The summed E-state index contributed by atoms with van der Waals surface area (Å²) in [7, 11) is 0. The van der Waals surface area contributed by atoms with E-state index >= 15 is 0 Å². The highest BCUT2D eigenvalue weighted by molar-refractivity contribution is 7.10. The van der Waals surface area contributed by atoms with Crippen LogP contribution in [0, 0.1) is 18.3 Å². The van der Waals surface area contributed by atoms with Crippen LogP contribution < -0.4 is 5.32 Å². The number of anilines is 1. The highest BCUT2D eigenvalue weighted by Crippen LogP contribution is 2.23. The maximum atomic E-state index is 8.97. The van der Waals surface area contributed by atoms with Gasteiger partial charge in [0.2, 0.25) is 0 Å². The van der Waals surface area contributed by atoms with Crippen LogP contribution in [0.3, 0.4) is 0 Å². The number of hydrogen-bond acceptors (Lipinski definition) is 5. The Morgan fingerprint density at radius 2 is 2.18 bits per heavy atom. The largest absolute Gasteiger partial charge is 0.374 e. The minimum atomic E-state index is 0.657. The van der Waals surface area contributed by atoms with Gasteiger partial charge in [0.15, 0.2) is 0 Å². The number of pyridine rings is 1. The number of nitrogens with one attached hydrogen (secondary N) is 1. The second-order valence-corrected chi connectivity index (χ2v) is 4.39. The molecular weight excluding hydrogens is 232 g/mol. The minimum absolute atomic E-state index is 0.657. The molecule has 0 saturated heterocycles. The van der Waals surface area contributed by atoms with Gasteiger partial charge in [0.25, 0.3) is 0 Å². The van der Waals surface area contributed by atoms with Gasteiger partial charge in [-0.1, -0.05) is 0 Å². The summed E-state index contributed by atoms with van der Waals surface area (Å²) in [5, 5.41) is 13.1. The van der Waals surface area contributed by atoms with Crippen molar-refractivity contribution in [1.82, 2.24) is 9.36 Å². The van der Waals surface area contributed by atoms with Gasteiger partial charge < -0.3 is 5.32 Å². The highest BCUT2D eigenvalue weighted by atomic mass is 32.1. The van der Waals surface area contributed by atoms with Crippen LogP contribution in [0.25, 0.3) is 0 Å².